The van der Waals surface area contributed by atoms with Crippen LogP contribution in [0.15, 0.2) is 59.7 Å². The molecule has 0 saturated carbocycles. The van der Waals surface area contributed by atoms with Crippen molar-refractivity contribution in [2.24, 2.45) is 5.10 Å². The lowest BCUT2D eigenvalue weighted by molar-refractivity contribution is -0.384. The highest BCUT2D eigenvalue weighted by Gasteiger charge is 2.17. The predicted molar refractivity (Wildman–Crippen MR) is 105 cm³/mol. The van der Waals surface area contributed by atoms with Crippen LogP contribution in [0.4, 0.5) is 15.9 Å². The number of nitrogens with one attached hydrogen (secondary N) is 1. The molecular formula is C18H11ClFN7O2. The molecule has 11 heteroatoms. The fourth-order valence-electron chi connectivity index (χ4n) is 2.57. The van der Waals surface area contributed by atoms with Crippen molar-refractivity contribution in [3.05, 3.63) is 81.1 Å². The van der Waals surface area contributed by atoms with Gasteiger partial charge in [0.05, 0.1) is 21.7 Å². The van der Waals surface area contributed by atoms with Gasteiger partial charge in [-0.15, -0.1) is 15.3 Å². The van der Waals surface area contributed by atoms with Crippen LogP contribution in [-0.4, -0.2) is 30.9 Å². The first kappa shape index (κ1) is 18.4. The fourth-order valence-corrected chi connectivity index (χ4v) is 2.82. The number of aromatic nitrogens is 4. The molecule has 0 spiro atoms. The minimum absolute atomic E-state index is 0.00540. The number of benzene rings is 2. The van der Waals surface area contributed by atoms with E-state index in [2.05, 4.69) is 25.8 Å². The second-order valence-corrected chi connectivity index (χ2v) is 6.23. The van der Waals surface area contributed by atoms with Gasteiger partial charge in [-0.25, -0.2) is 4.39 Å². The van der Waals surface area contributed by atoms with Gasteiger partial charge in [-0.05, 0) is 42.0 Å². The second kappa shape index (κ2) is 7.60. The van der Waals surface area contributed by atoms with Crippen LogP contribution in [0.5, 0.6) is 0 Å². The van der Waals surface area contributed by atoms with Crippen LogP contribution in [0.2, 0.25) is 5.02 Å². The number of anilines is 1. The Hall–Kier alpha value is -3.92. The molecule has 2 heterocycles. The summed E-state index contributed by atoms with van der Waals surface area (Å²) < 4.78 is 15.6. The molecule has 1 N–H and O–H groups in total. The van der Waals surface area contributed by atoms with Crippen molar-refractivity contribution in [3.63, 3.8) is 0 Å². The fraction of sp³-hybridized carbons (Fsp3) is 0. The lowest BCUT2D eigenvalue weighted by Crippen LogP contribution is -2.01. The Morgan fingerprint density at radius 3 is 2.66 bits per heavy atom. The maximum Gasteiger partial charge on any atom is 0.269 e. The summed E-state index contributed by atoms with van der Waals surface area (Å²) in [5.41, 5.74) is 3.90. The minimum Gasteiger partial charge on any atom is -0.260 e. The van der Waals surface area contributed by atoms with Crippen LogP contribution in [0.3, 0.4) is 0 Å². The summed E-state index contributed by atoms with van der Waals surface area (Å²) >= 11 is 6.11. The average Bonchev–Trinajstić information content (AvgIpc) is 3.11. The van der Waals surface area contributed by atoms with Gasteiger partial charge in [0.25, 0.3) is 5.69 Å². The predicted octanol–water partition coefficient (Wildman–Crippen LogP) is 3.94. The van der Waals surface area contributed by atoms with Crippen LogP contribution in [0.25, 0.3) is 17.0 Å². The van der Waals surface area contributed by atoms with E-state index < -0.39 is 10.7 Å². The molecule has 0 saturated heterocycles. The standard InChI is InChI=1S/C18H11ClFN7O2/c19-13-2-1-3-14(20)17(13)18-24-23-16-9-8-15(25-26(16)18)22-21-10-11-4-6-12(7-5-11)27(28)29/h1-10H,(H,22,25). The third-order valence-electron chi connectivity index (χ3n) is 3.95. The molecule has 2 aromatic carbocycles. The highest BCUT2D eigenvalue weighted by atomic mass is 35.5. The van der Waals surface area contributed by atoms with E-state index in [9.17, 15) is 14.5 Å². The third-order valence-corrected chi connectivity index (χ3v) is 4.26. The van der Waals surface area contributed by atoms with Gasteiger partial charge in [0, 0.05) is 12.1 Å². The molecule has 29 heavy (non-hydrogen) atoms. The van der Waals surface area contributed by atoms with E-state index in [0.717, 1.165) is 0 Å². The van der Waals surface area contributed by atoms with Crippen molar-refractivity contribution < 1.29 is 9.31 Å². The normalized spacial score (nSPS) is 11.2. The monoisotopic (exact) mass is 411 g/mol. The Bertz CT molecular complexity index is 1220. The van der Waals surface area contributed by atoms with E-state index in [1.165, 1.54) is 35.0 Å². The molecule has 4 rings (SSSR count). The Balaban J connectivity index is 1.60. The first-order chi connectivity index (χ1) is 14.0. The summed E-state index contributed by atoms with van der Waals surface area (Å²) in [5, 5.41) is 27.2. The third kappa shape index (κ3) is 3.73. The summed E-state index contributed by atoms with van der Waals surface area (Å²) in [5.74, 6) is -0.0292. The molecule has 0 bridgehead atoms. The zero-order valence-corrected chi connectivity index (χ0v) is 15.3. The van der Waals surface area contributed by atoms with Gasteiger partial charge < -0.3 is 0 Å². The minimum atomic E-state index is -0.539. The van der Waals surface area contributed by atoms with Crippen LogP contribution in [-0.2, 0) is 0 Å². The number of hydrazone groups is 1. The first-order valence-electron chi connectivity index (χ1n) is 8.23. The van der Waals surface area contributed by atoms with Gasteiger partial charge in [0.1, 0.15) is 5.82 Å². The molecule has 0 aliphatic heterocycles. The van der Waals surface area contributed by atoms with Gasteiger partial charge in [0.2, 0.25) is 0 Å². The largest absolute Gasteiger partial charge is 0.269 e. The van der Waals surface area contributed by atoms with Crippen molar-refractivity contribution in [2.45, 2.75) is 0 Å². The van der Waals surface area contributed by atoms with Gasteiger partial charge in [-0.1, -0.05) is 17.7 Å². The maximum absolute atomic E-state index is 14.2. The van der Waals surface area contributed by atoms with Gasteiger partial charge in [0.15, 0.2) is 17.3 Å². The van der Waals surface area contributed by atoms with Gasteiger partial charge in [-0.2, -0.15) is 9.62 Å². The Morgan fingerprint density at radius 1 is 1.14 bits per heavy atom. The molecule has 0 aliphatic carbocycles. The van der Waals surface area contributed by atoms with E-state index >= 15 is 0 Å². The average molecular weight is 412 g/mol. The molecule has 9 nitrogen and oxygen atoms in total. The molecule has 0 unspecified atom stereocenters. The number of non-ortho nitro benzene ring substituents is 1. The van der Waals surface area contributed by atoms with Gasteiger partial charge in [-0.3, -0.25) is 15.5 Å². The summed E-state index contributed by atoms with van der Waals surface area (Å²) in [6, 6.07) is 13.5. The Morgan fingerprint density at radius 2 is 1.93 bits per heavy atom. The smallest absolute Gasteiger partial charge is 0.260 e. The molecular weight excluding hydrogens is 401 g/mol. The summed E-state index contributed by atoms with van der Waals surface area (Å²) in [4.78, 5) is 10.2. The zero-order chi connectivity index (χ0) is 20.4. The molecule has 0 radical (unpaired) electrons. The Kier molecular flexibility index (Phi) is 4.83. The molecule has 2 aromatic heterocycles. The summed E-state index contributed by atoms with van der Waals surface area (Å²) in [6.45, 7) is 0. The van der Waals surface area contributed by atoms with Crippen molar-refractivity contribution >= 4 is 35.0 Å². The number of nitrogens with zero attached hydrogens (tertiary/aromatic N) is 6. The highest BCUT2D eigenvalue weighted by molar-refractivity contribution is 6.33. The second-order valence-electron chi connectivity index (χ2n) is 5.83. The van der Waals surface area contributed by atoms with Crippen LogP contribution in [0, 0.1) is 15.9 Å². The van der Waals surface area contributed by atoms with E-state index in [-0.39, 0.29) is 22.1 Å². The number of rotatable bonds is 5. The lowest BCUT2D eigenvalue weighted by Gasteiger charge is -2.05. The first-order valence-corrected chi connectivity index (χ1v) is 8.61. The van der Waals surface area contributed by atoms with Crippen molar-refractivity contribution in [1.82, 2.24) is 19.8 Å². The molecule has 0 aliphatic rings. The number of nitro benzene ring substituents is 1. The maximum atomic E-state index is 14.2. The van der Waals surface area contributed by atoms with Crippen LogP contribution in [0.1, 0.15) is 5.56 Å². The number of hydrogen-bond acceptors (Lipinski definition) is 7. The van der Waals surface area contributed by atoms with E-state index in [1.54, 1.807) is 30.3 Å². The van der Waals surface area contributed by atoms with Crippen LogP contribution < -0.4 is 5.43 Å². The highest BCUT2D eigenvalue weighted by Crippen LogP contribution is 2.29. The SMILES string of the molecule is O=[N+]([O-])c1ccc(C=NNc2ccc3nnc(-c4c(F)cccc4Cl)n3n2)cc1. The number of hydrogen-bond donors (Lipinski definition) is 1. The molecule has 0 fully saturated rings. The molecule has 0 atom stereocenters. The summed E-state index contributed by atoms with van der Waals surface area (Å²) in [6.07, 6.45) is 1.48. The van der Waals surface area contributed by atoms with Gasteiger partial charge >= 0.3 is 0 Å². The van der Waals surface area contributed by atoms with E-state index in [4.69, 9.17) is 11.6 Å². The topological polar surface area (TPSA) is 111 Å². The van der Waals surface area contributed by atoms with Crippen molar-refractivity contribution in [3.8, 4) is 11.4 Å². The Labute approximate surface area is 167 Å². The van der Waals surface area contributed by atoms with Crippen molar-refractivity contribution in [2.75, 3.05) is 5.43 Å². The number of fused-ring (bicyclic) bond motifs is 1. The molecule has 4 aromatic rings. The zero-order valence-electron chi connectivity index (χ0n) is 14.5. The van der Waals surface area contributed by atoms with Crippen molar-refractivity contribution in [1.29, 1.82) is 0 Å². The number of halogens is 2. The summed E-state index contributed by atoms with van der Waals surface area (Å²) in [7, 11) is 0. The quantitative estimate of drug-likeness (QED) is 0.302. The van der Waals surface area contributed by atoms with E-state index in [1.807, 2.05) is 0 Å². The molecule has 0 amide bonds. The van der Waals surface area contributed by atoms with Crippen LogP contribution >= 0.6 is 11.6 Å². The number of nitro groups is 1. The molecule has 144 valence electrons. The lowest BCUT2D eigenvalue weighted by atomic mass is 10.2. The van der Waals surface area contributed by atoms with E-state index in [0.29, 0.717) is 17.0 Å².